The molecule has 0 spiro atoms. The molecule has 2 fully saturated rings. The fraction of sp³-hybridized carbons (Fsp3) is 0.278. The number of rotatable bonds is 7. The first-order valence-corrected chi connectivity index (χ1v) is 15.8. The standard InChI is InChI=1S/C36H34Cl2N4O2/c37-31-12-5-13-32(34(31)38)41-16-18-42(19-17-41)35(27-8-4-9-28(21-27)36(44)40-29-10-1-2-11-29)30-22-26(14-15-33(30)43)25-7-3-6-24(20-25)23-39/h3-9,12-15,20-22,29,35,43H,1-2,10-11,16-19H2,(H,40,44). The van der Waals surface area contributed by atoms with Crippen molar-refractivity contribution in [1.82, 2.24) is 10.2 Å². The lowest BCUT2D eigenvalue weighted by Crippen LogP contribution is -2.48. The number of carbonyl (C=O) groups excluding carboxylic acids is 1. The molecule has 2 aliphatic rings. The van der Waals surface area contributed by atoms with Crippen LogP contribution < -0.4 is 10.2 Å². The van der Waals surface area contributed by atoms with E-state index in [1.54, 1.807) is 18.2 Å². The van der Waals surface area contributed by atoms with Crippen LogP contribution in [0.15, 0.2) is 84.9 Å². The summed E-state index contributed by atoms with van der Waals surface area (Å²) in [5.41, 5.74) is 5.56. The van der Waals surface area contributed by atoms with Crippen molar-refractivity contribution in [3.8, 4) is 22.9 Å². The molecule has 6 nitrogen and oxygen atoms in total. The maximum Gasteiger partial charge on any atom is 0.251 e. The molecule has 4 aromatic carbocycles. The van der Waals surface area contributed by atoms with Crippen LogP contribution >= 0.6 is 23.2 Å². The highest BCUT2D eigenvalue weighted by Crippen LogP contribution is 2.39. The average molecular weight is 626 g/mol. The van der Waals surface area contributed by atoms with Gasteiger partial charge in [0.2, 0.25) is 0 Å². The van der Waals surface area contributed by atoms with Crippen molar-refractivity contribution < 1.29 is 9.90 Å². The Bertz CT molecular complexity index is 1700. The van der Waals surface area contributed by atoms with Gasteiger partial charge in [0.05, 0.1) is 33.4 Å². The normalized spacial score (nSPS) is 16.4. The van der Waals surface area contributed by atoms with E-state index in [0.717, 1.165) is 53.6 Å². The first-order chi connectivity index (χ1) is 21.4. The molecule has 1 saturated heterocycles. The number of amides is 1. The van der Waals surface area contributed by atoms with Crippen LogP contribution in [0.3, 0.4) is 0 Å². The molecule has 1 aliphatic heterocycles. The predicted octanol–water partition coefficient (Wildman–Crippen LogP) is 7.82. The molecule has 0 bridgehead atoms. The minimum atomic E-state index is -0.315. The van der Waals surface area contributed by atoms with Gasteiger partial charge in [-0.25, -0.2) is 0 Å². The molecule has 0 radical (unpaired) electrons. The first kappa shape index (κ1) is 30.0. The SMILES string of the molecule is N#Cc1cccc(-c2ccc(O)c(C(c3cccc(C(=O)NC4CCCC4)c3)N3CCN(c4cccc(Cl)c4Cl)CC3)c2)c1. The molecule has 44 heavy (non-hydrogen) atoms. The third-order valence-corrected chi connectivity index (χ3v) is 9.56. The Morgan fingerprint density at radius 3 is 2.39 bits per heavy atom. The van der Waals surface area contributed by atoms with Crippen LogP contribution in [-0.4, -0.2) is 48.1 Å². The van der Waals surface area contributed by atoms with Gasteiger partial charge in [0.1, 0.15) is 5.75 Å². The fourth-order valence-corrected chi connectivity index (χ4v) is 6.87. The van der Waals surface area contributed by atoms with E-state index in [0.29, 0.717) is 47.4 Å². The number of halogens is 2. The molecule has 4 aromatic rings. The Balaban J connectivity index is 1.36. The molecule has 224 valence electrons. The number of carbonyl (C=O) groups is 1. The van der Waals surface area contributed by atoms with E-state index in [-0.39, 0.29) is 23.7 Å². The molecule has 6 rings (SSSR count). The summed E-state index contributed by atoms with van der Waals surface area (Å²) < 4.78 is 0. The van der Waals surface area contributed by atoms with Crippen LogP contribution in [0.1, 0.15) is 58.8 Å². The maximum absolute atomic E-state index is 13.3. The van der Waals surface area contributed by atoms with Crippen molar-refractivity contribution in [3.05, 3.63) is 117 Å². The van der Waals surface area contributed by atoms with E-state index in [1.165, 1.54) is 0 Å². The zero-order valence-electron chi connectivity index (χ0n) is 24.3. The van der Waals surface area contributed by atoms with E-state index in [2.05, 4.69) is 21.2 Å². The van der Waals surface area contributed by atoms with Crippen molar-refractivity contribution in [2.75, 3.05) is 31.1 Å². The number of aromatic hydroxyl groups is 1. The number of benzene rings is 4. The summed E-state index contributed by atoms with van der Waals surface area (Å²) in [5.74, 6) is 0.112. The van der Waals surface area contributed by atoms with Crippen molar-refractivity contribution in [2.45, 2.75) is 37.8 Å². The summed E-state index contributed by atoms with van der Waals surface area (Å²) in [6, 6.07) is 28.6. The van der Waals surface area contributed by atoms with Crippen molar-refractivity contribution in [3.63, 3.8) is 0 Å². The topological polar surface area (TPSA) is 79.6 Å². The summed E-state index contributed by atoms with van der Waals surface area (Å²) in [6.07, 6.45) is 4.32. The molecular weight excluding hydrogens is 591 g/mol. The first-order valence-electron chi connectivity index (χ1n) is 15.1. The Labute approximate surface area is 268 Å². The lowest BCUT2D eigenvalue weighted by molar-refractivity contribution is 0.0937. The van der Waals surface area contributed by atoms with E-state index in [4.69, 9.17) is 23.2 Å². The predicted molar refractivity (Wildman–Crippen MR) is 177 cm³/mol. The van der Waals surface area contributed by atoms with Crippen LogP contribution in [0.5, 0.6) is 5.75 Å². The van der Waals surface area contributed by atoms with E-state index >= 15 is 0 Å². The number of phenols is 1. The van der Waals surface area contributed by atoms with Crippen LogP contribution in [0.4, 0.5) is 5.69 Å². The number of nitrogens with zero attached hydrogens (tertiary/aromatic N) is 3. The molecule has 1 saturated carbocycles. The van der Waals surface area contributed by atoms with Gasteiger partial charge in [-0.05, 0) is 78.1 Å². The number of phenolic OH excluding ortho intramolecular Hbond substituents is 1. The summed E-state index contributed by atoms with van der Waals surface area (Å²) in [6.45, 7) is 2.81. The molecule has 1 atom stereocenters. The second-order valence-corrected chi connectivity index (χ2v) is 12.3. The minimum Gasteiger partial charge on any atom is -0.508 e. The number of piperazine rings is 1. The van der Waals surface area contributed by atoms with Gasteiger partial charge in [-0.15, -0.1) is 0 Å². The van der Waals surface area contributed by atoms with Gasteiger partial charge in [-0.1, -0.05) is 72.4 Å². The van der Waals surface area contributed by atoms with Gasteiger partial charge < -0.3 is 15.3 Å². The number of hydrogen-bond acceptors (Lipinski definition) is 5. The molecule has 1 amide bonds. The monoisotopic (exact) mass is 624 g/mol. The highest BCUT2D eigenvalue weighted by Gasteiger charge is 2.30. The summed E-state index contributed by atoms with van der Waals surface area (Å²) in [4.78, 5) is 17.9. The number of hydrogen-bond donors (Lipinski definition) is 2. The van der Waals surface area contributed by atoms with Gasteiger partial charge in [-0.2, -0.15) is 5.26 Å². The number of nitriles is 1. The lowest BCUT2D eigenvalue weighted by atomic mass is 9.91. The molecule has 2 N–H and O–H groups in total. The van der Waals surface area contributed by atoms with Crippen molar-refractivity contribution in [1.29, 1.82) is 5.26 Å². The zero-order chi connectivity index (χ0) is 30.6. The van der Waals surface area contributed by atoms with Gasteiger partial charge in [0.15, 0.2) is 0 Å². The van der Waals surface area contributed by atoms with Gasteiger partial charge in [0, 0.05) is 43.3 Å². The van der Waals surface area contributed by atoms with Crippen LogP contribution in [0, 0.1) is 11.3 Å². The van der Waals surface area contributed by atoms with Crippen LogP contribution in [0.2, 0.25) is 10.0 Å². The Morgan fingerprint density at radius 2 is 1.61 bits per heavy atom. The molecule has 8 heteroatoms. The van der Waals surface area contributed by atoms with Gasteiger partial charge in [-0.3, -0.25) is 9.69 Å². The van der Waals surface area contributed by atoms with Crippen LogP contribution in [-0.2, 0) is 0 Å². The minimum absolute atomic E-state index is 0.0655. The summed E-state index contributed by atoms with van der Waals surface area (Å²) in [7, 11) is 0. The largest absolute Gasteiger partial charge is 0.508 e. The van der Waals surface area contributed by atoms with Crippen molar-refractivity contribution in [2.24, 2.45) is 0 Å². The Morgan fingerprint density at radius 1 is 0.886 bits per heavy atom. The highest BCUT2D eigenvalue weighted by molar-refractivity contribution is 6.43. The molecule has 0 aromatic heterocycles. The second kappa shape index (κ2) is 13.3. The average Bonchev–Trinajstić information content (AvgIpc) is 3.57. The highest BCUT2D eigenvalue weighted by atomic mass is 35.5. The smallest absolute Gasteiger partial charge is 0.251 e. The molecule has 1 unspecified atom stereocenters. The van der Waals surface area contributed by atoms with Gasteiger partial charge >= 0.3 is 0 Å². The van der Waals surface area contributed by atoms with Crippen molar-refractivity contribution >= 4 is 34.8 Å². The van der Waals surface area contributed by atoms with E-state index in [1.807, 2.05) is 66.7 Å². The number of anilines is 1. The quantitative estimate of drug-likeness (QED) is 0.219. The van der Waals surface area contributed by atoms with E-state index in [9.17, 15) is 15.2 Å². The molecule has 1 heterocycles. The third-order valence-electron chi connectivity index (χ3n) is 8.75. The van der Waals surface area contributed by atoms with Crippen LogP contribution in [0.25, 0.3) is 11.1 Å². The maximum atomic E-state index is 13.3. The Kier molecular flexibility index (Phi) is 9.09. The molecule has 1 aliphatic carbocycles. The van der Waals surface area contributed by atoms with E-state index < -0.39 is 0 Å². The summed E-state index contributed by atoms with van der Waals surface area (Å²) >= 11 is 12.9. The third kappa shape index (κ3) is 6.42. The zero-order valence-corrected chi connectivity index (χ0v) is 25.9. The molecular formula is C36H34Cl2N4O2. The lowest BCUT2D eigenvalue weighted by Gasteiger charge is -2.41. The van der Waals surface area contributed by atoms with Gasteiger partial charge in [0.25, 0.3) is 5.91 Å². The summed E-state index contributed by atoms with van der Waals surface area (Å²) in [5, 5.41) is 25.1. The Hall–Kier alpha value is -4.02. The fourth-order valence-electron chi connectivity index (χ4n) is 6.46. The second-order valence-electron chi connectivity index (χ2n) is 11.5. The number of nitrogens with one attached hydrogen (secondary N) is 1.